The molecule has 1 fully saturated rings. The second-order valence-electron chi connectivity index (χ2n) is 6.82. The average Bonchev–Trinajstić information content (AvgIpc) is 3.07. The predicted molar refractivity (Wildman–Crippen MR) is 102 cm³/mol. The fourth-order valence-corrected chi connectivity index (χ4v) is 3.54. The van der Waals surface area contributed by atoms with Crippen LogP contribution in [0.15, 0.2) is 36.7 Å². The summed E-state index contributed by atoms with van der Waals surface area (Å²) in [5, 5.41) is 1.13. The van der Waals surface area contributed by atoms with E-state index in [9.17, 15) is 4.79 Å². The highest BCUT2D eigenvalue weighted by Gasteiger charge is 2.23. The van der Waals surface area contributed by atoms with E-state index in [0.717, 1.165) is 59.9 Å². The van der Waals surface area contributed by atoms with E-state index in [1.54, 1.807) is 6.20 Å². The van der Waals surface area contributed by atoms with Crippen LogP contribution in [-0.4, -0.2) is 51.9 Å². The zero-order chi connectivity index (χ0) is 18.1. The monoisotopic (exact) mass is 349 g/mol. The van der Waals surface area contributed by atoms with Gasteiger partial charge in [-0.3, -0.25) is 9.78 Å². The van der Waals surface area contributed by atoms with E-state index >= 15 is 0 Å². The molecule has 2 aromatic heterocycles. The van der Waals surface area contributed by atoms with E-state index < -0.39 is 0 Å². The molecule has 1 aromatic carbocycles. The van der Waals surface area contributed by atoms with Crippen LogP contribution >= 0.6 is 0 Å². The Balaban J connectivity index is 1.41. The molecule has 0 bridgehead atoms. The molecule has 0 radical (unpaired) electrons. The lowest BCUT2D eigenvalue weighted by Gasteiger charge is -2.36. The quantitative estimate of drug-likeness (QED) is 0.789. The van der Waals surface area contributed by atoms with Crippen molar-refractivity contribution >= 4 is 22.6 Å². The summed E-state index contributed by atoms with van der Waals surface area (Å²) in [6.45, 7) is 6.96. The molecule has 0 spiro atoms. The van der Waals surface area contributed by atoms with Gasteiger partial charge in [0.2, 0.25) is 5.91 Å². The maximum Gasteiger partial charge on any atom is 0.227 e. The van der Waals surface area contributed by atoms with E-state index in [0.29, 0.717) is 6.42 Å². The molecule has 1 amide bonds. The lowest BCUT2D eigenvalue weighted by molar-refractivity contribution is -0.130. The van der Waals surface area contributed by atoms with Gasteiger partial charge in [0.25, 0.3) is 0 Å². The van der Waals surface area contributed by atoms with Gasteiger partial charge in [0, 0.05) is 49.5 Å². The molecular weight excluding hydrogens is 326 g/mol. The van der Waals surface area contributed by atoms with Gasteiger partial charge in [0.15, 0.2) is 0 Å². The van der Waals surface area contributed by atoms with Crippen LogP contribution in [0.25, 0.3) is 10.9 Å². The summed E-state index contributed by atoms with van der Waals surface area (Å²) < 4.78 is 0. The molecule has 4 rings (SSSR count). The number of H-pyrrole nitrogens is 1. The number of amides is 1. The molecule has 26 heavy (non-hydrogen) atoms. The number of nitrogens with one attached hydrogen (secondary N) is 1. The number of rotatable bonds is 3. The van der Waals surface area contributed by atoms with E-state index in [1.807, 2.05) is 43.1 Å². The van der Waals surface area contributed by atoms with E-state index in [2.05, 4.69) is 25.9 Å². The molecule has 3 aromatic rings. The third-order valence-corrected chi connectivity index (χ3v) is 5.00. The van der Waals surface area contributed by atoms with Crippen LogP contribution in [-0.2, 0) is 11.2 Å². The maximum absolute atomic E-state index is 12.7. The third kappa shape index (κ3) is 3.14. The second kappa shape index (κ2) is 6.78. The summed E-state index contributed by atoms with van der Waals surface area (Å²) in [6.07, 6.45) is 4.18. The molecule has 0 unspecified atom stereocenters. The number of fused-ring (bicyclic) bond motifs is 1. The molecule has 0 aliphatic carbocycles. The molecule has 3 heterocycles. The van der Waals surface area contributed by atoms with E-state index in [-0.39, 0.29) is 5.91 Å². The third-order valence-electron chi connectivity index (χ3n) is 5.00. The molecule has 6 nitrogen and oxygen atoms in total. The first kappa shape index (κ1) is 16.6. The lowest BCUT2D eigenvalue weighted by atomic mass is 10.1. The smallest absolute Gasteiger partial charge is 0.227 e. The Morgan fingerprint density at radius 3 is 2.73 bits per heavy atom. The summed E-state index contributed by atoms with van der Waals surface area (Å²) in [4.78, 5) is 29.2. The van der Waals surface area contributed by atoms with Crippen molar-refractivity contribution in [3.05, 3.63) is 53.6 Å². The largest absolute Gasteiger partial charge is 0.361 e. The summed E-state index contributed by atoms with van der Waals surface area (Å²) in [7, 11) is 0. The highest BCUT2D eigenvalue weighted by Crippen LogP contribution is 2.20. The molecule has 0 atom stereocenters. The number of benzene rings is 1. The van der Waals surface area contributed by atoms with Gasteiger partial charge in [0.05, 0.1) is 17.8 Å². The Labute approximate surface area is 152 Å². The second-order valence-corrected chi connectivity index (χ2v) is 6.82. The summed E-state index contributed by atoms with van der Waals surface area (Å²) in [5.74, 6) is 1.12. The zero-order valence-corrected chi connectivity index (χ0v) is 15.2. The average molecular weight is 349 g/mol. The van der Waals surface area contributed by atoms with Crippen molar-refractivity contribution in [2.24, 2.45) is 0 Å². The zero-order valence-electron chi connectivity index (χ0n) is 15.2. The van der Waals surface area contributed by atoms with Gasteiger partial charge in [-0.25, -0.2) is 4.98 Å². The van der Waals surface area contributed by atoms with Crippen molar-refractivity contribution < 1.29 is 4.79 Å². The van der Waals surface area contributed by atoms with E-state index in [4.69, 9.17) is 0 Å². The predicted octanol–water partition coefficient (Wildman–Crippen LogP) is 2.47. The highest BCUT2D eigenvalue weighted by molar-refractivity contribution is 5.89. The Morgan fingerprint density at radius 1 is 1.15 bits per heavy atom. The topological polar surface area (TPSA) is 65.1 Å². The Hall–Kier alpha value is -2.89. The van der Waals surface area contributed by atoms with Crippen LogP contribution in [0.5, 0.6) is 0 Å². The van der Waals surface area contributed by atoms with Gasteiger partial charge in [-0.15, -0.1) is 0 Å². The van der Waals surface area contributed by atoms with Crippen LogP contribution in [0.4, 0.5) is 5.82 Å². The van der Waals surface area contributed by atoms with Crippen LogP contribution in [0, 0.1) is 13.8 Å². The summed E-state index contributed by atoms with van der Waals surface area (Å²) >= 11 is 0. The Morgan fingerprint density at radius 2 is 1.92 bits per heavy atom. The number of aromatic amines is 1. The molecule has 1 N–H and O–H groups in total. The fraction of sp³-hybridized carbons (Fsp3) is 0.350. The summed E-state index contributed by atoms with van der Waals surface area (Å²) in [6, 6.07) is 8.10. The first-order valence-corrected chi connectivity index (χ1v) is 9.00. The normalized spacial score (nSPS) is 14.8. The molecule has 1 aliphatic rings. The number of hydrogen-bond acceptors (Lipinski definition) is 4. The van der Waals surface area contributed by atoms with Gasteiger partial charge in [-0.05, 0) is 25.5 Å². The van der Waals surface area contributed by atoms with Crippen LogP contribution in [0.3, 0.4) is 0 Å². The van der Waals surface area contributed by atoms with E-state index in [1.165, 1.54) is 0 Å². The first-order chi connectivity index (χ1) is 12.6. The number of carbonyl (C=O) groups is 1. The number of hydrogen-bond donors (Lipinski definition) is 1. The van der Waals surface area contributed by atoms with Crippen molar-refractivity contribution in [3.63, 3.8) is 0 Å². The number of nitrogens with zero attached hydrogens (tertiary/aromatic N) is 4. The lowest BCUT2D eigenvalue weighted by Crippen LogP contribution is -2.49. The van der Waals surface area contributed by atoms with Gasteiger partial charge in [-0.2, -0.15) is 0 Å². The van der Waals surface area contributed by atoms with Gasteiger partial charge < -0.3 is 14.8 Å². The van der Waals surface area contributed by atoms with Crippen molar-refractivity contribution in [2.45, 2.75) is 20.3 Å². The molecule has 134 valence electrons. The molecule has 1 saturated heterocycles. The van der Waals surface area contributed by atoms with Crippen LogP contribution in [0.2, 0.25) is 0 Å². The van der Waals surface area contributed by atoms with Gasteiger partial charge in [-0.1, -0.05) is 18.2 Å². The number of para-hydroxylation sites is 1. The fourth-order valence-electron chi connectivity index (χ4n) is 3.54. The molecule has 0 saturated carbocycles. The minimum absolute atomic E-state index is 0.182. The first-order valence-electron chi connectivity index (χ1n) is 9.00. The Kier molecular flexibility index (Phi) is 4.32. The molecule has 1 aliphatic heterocycles. The van der Waals surface area contributed by atoms with Crippen LogP contribution < -0.4 is 4.90 Å². The number of piperazine rings is 1. The molecule has 6 heteroatoms. The van der Waals surface area contributed by atoms with Crippen molar-refractivity contribution in [1.29, 1.82) is 0 Å². The van der Waals surface area contributed by atoms with Crippen molar-refractivity contribution in [1.82, 2.24) is 19.9 Å². The number of carbonyl (C=O) groups excluding carboxylic acids is 1. The van der Waals surface area contributed by atoms with Crippen molar-refractivity contribution in [2.75, 3.05) is 31.1 Å². The molecular formula is C20H23N5O. The van der Waals surface area contributed by atoms with Gasteiger partial charge in [0.1, 0.15) is 5.82 Å². The van der Waals surface area contributed by atoms with Gasteiger partial charge >= 0.3 is 0 Å². The number of aromatic nitrogens is 3. The Bertz CT molecular complexity index is 940. The van der Waals surface area contributed by atoms with Crippen molar-refractivity contribution in [3.8, 4) is 0 Å². The highest BCUT2D eigenvalue weighted by atomic mass is 16.2. The number of anilines is 1. The SMILES string of the molecule is Cc1cnc(C)c(N2CCN(C(=O)Cc3c[nH]c4ccccc34)CC2)n1. The van der Waals surface area contributed by atoms with Crippen LogP contribution in [0.1, 0.15) is 17.0 Å². The standard InChI is InChI=1S/C20H23N5O/c1-14-12-21-15(2)20(23-14)25-9-7-24(8-10-25)19(26)11-16-13-22-18-6-4-3-5-17(16)18/h3-6,12-13,22H,7-11H2,1-2H3. The minimum Gasteiger partial charge on any atom is -0.361 e. The number of aryl methyl sites for hydroxylation is 2. The maximum atomic E-state index is 12.7. The summed E-state index contributed by atoms with van der Waals surface area (Å²) in [5.41, 5.74) is 4.00. The minimum atomic E-state index is 0.182.